The number of carbonyl (C=O) groups excluding carboxylic acids is 3. The Kier molecular flexibility index (Phi) is 8.59. The Bertz CT molecular complexity index is 1080. The van der Waals surface area contributed by atoms with Crippen molar-refractivity contribution in [1.82, 2.24) is 5.32 Å². The molecular weight excluding hydrogens is 416 g/mol. The number of anilines is 3. The zero-order chi connectivity index (χ0) is 23.5. The van der Waals surface area contributed by atoms with Crippen molar-refractivity contribution in [3.8, 4) is 0 Å². The lowest BCUT2D eigenvalue weighted by Crippen LogP contribution is -2.23. The lowest BCUT2D eigenvalue weighted by atomic mass is 10.1. The van der Waals surface area contributed by atoms with Crippen LogP contribution >= 0.6 is 0 Å². The van der Waals surface area contributed by atoms with Gasteiger partial charge in [-0.2, -0.15) is 0 Å². The minimum Gasteiger partial charge on any atom is -0.376 e. The molecule has 170 valence electrons. The lowest BCUT2D eigenvalue weighted by Gasteiger charge is -2.10. The molecular formula is C26H28N4O3. The van der Waals surface area contributed by atoms with Gasteiger partial charge in [0.05, 0.1) is 6.54 Å². The second kappa shape index (κ2) is 12.0. The van der Waals surface area contributed by atoms with E-state index in [9.17, 15) is 14.4 Å². The molecule has 0 saturated heterocycles. The van der Waals surface area contributed by atoms with E-state index in [1.165, 1.54) is 0 Å². The van der Waals surface area contributed by atoms with Crippen molar-refractivity contribution < 1.29 is 14.4 Å². The quantitative estimate of drug-likeness (QED) is 0.372. The van der Waals surface area contributed by atoms with Crippen LogP contribution in [-0.2, 0) is 16.1 Å². The average molecular weight is 445 g/mol. The van der Waals surface area contributed by atoms with Gasteiger partial charge >= 0.3 is 0 Å². The molecule has 0 unspecified atom stereocenters. The summed E-state index contributed by atoms with van der Waals surface area (Å²) in [6, 6.07) is 23.6. The maximum absolute atomic E-state index is 12.3. The molecule has 0 heterocycles. The van der Waals surface area contributed by atoms with Crippen LogP contribution in [0.5, 0.6) is 0 Å². The van der Waals surface area contributed by atoms with Gasteiger partial charge in [0.15, 0.2) is 0 Å². The van der Waals surface area contributed by atoms with Crippen LogP contribution in [0, 0.1) is 0 Å². The van der Waals surface area contributed by atoms with Gasteiger partial charge in [0.25, 0.3) is 5.91 Å². The number of rotatable bonds is 10. The zero-order valence-electron chi connectivity index (χ0n) is 18.6. The molecule has 0 aliphatic rings. The van der Waals surface area contributed by atoms with Crippen LogP contribution < -0.4 is 21.3 Å². The zero-order valence-corrected chi connectivity index (χ0v) is 18.6. The number of hydrogen-bond donors (Lipinski definition) is 4. The number of hydrogen-bond acceptors (Lipinski definition) is 4. The molecule has 3 rings (SSSR count). The van der Waals surface area contributed by atoms with Gasteiger partial charge in [-0.25, -0.2) is 0 Å². The van der Waals surface area contributed by atoms with Crippen molar-refractivity contribution in [2.75, 3.05) is 22.5 Å². The number of amides is 3. The van der Waals surface area contributed by atoms with Crippen LogP contribution in [0.2, 0.25) is 0 Å². The van der Waals surface area contributed by atoms with Gasteiger partial charge in [-0.15, -0.1) is 0 Å². The highest BCUT2D eigenvalue weighted by molar-refractivity contribution is 5.97. The number of benzene rings is 3. The van der Waals surface area contributed by atoms with Crippen molar-refractivity contribution >= 4 is 34.8 Å². The molecule has 0 bridgehead atoms. The highest BCUT2D eigenvalue weighted by Gasteiger charge is 2.07. The van der Waals surface area contributed by atoms with E-state index < -0.39 is 0 Å². The molecule has 7 heteroatoms. The number of carbonyl (C=O) groups is 3. The second-order valence-corrected chi connectivity index (χ2v) is 7.53. The fraction of sp³-hybridized carbons (Fsp3) is 0.192. The monoisotopic (exact) mass is 444 g/mol. The Labute approximate surface area is 193 Å². The van der Waals surface area contributed by atoms with Crippen LogP contribution in [0.4, 0.5) is 17.1 Å². The first kappa shape index (κ1) is 23.5. The Morgan fingerprint density at radius 2 is 1.42 bits per heavy atom. The van der Waals surface area contributed by atoms with Crippen molar-refractivity contribution in [2.24, 2.45) is 0 Å². The fourth-order valence-electron chi connectivity index (χ4n) is 3.13. The van der Waals surface area contributed by atoms with E-state index in [0.29, 0.717) is 29.9 Å². The van der Waals surface area contributed by atoms with Gasteiger partial charge < -0.3 is 21.3 Å². The molecule has 3 aromatic carbocycles. The third-order valence-electron chi connectivity index (χ3n) is 4.80. The van der Waals surface area contributed by atoms with E-state index >= 15 is 0 Å². The van der Waals surface area contributed by atoms with Crippen molar-refractivity contribution in [3.05, 3.63) is 90.0 Å². The molecule has 0 aliphatic carbocycles. The maximum atomic E-state index is 12.3. The summed E-state index contributed by atoms with van der Waals surface area (Å²) in [4.78, 5) is 36.3. The lowest BCUT2D eigenvalue weighted by molar-refractivity contribution is -0.116. The Balaban J connectivity index is 1.46. The van der Waals surface area contributed by atoms with E-state index in [4.69, 9.17) is 0 Å². The van der Waals surface area contributed by atoms with Crippen LogP contribution in [0.15, 0.2) is 78.9 Å². The highest BCUT2D eigenvalue weighted by Crippen LogP contribution is 2.16. The molecule has 0 radical (unpaired) electrons. The summed E-state index contributed by atoms with van der Waals surface area (Å²) < 4.78 is 0. The van der Waals surface area contributed by atoms with E-state index in [0.717, 1.165) is 17.7 Å². The standard InChI is InChI=1S/C26H28N4O3/c1-2-7-24(31)30-23-11-6-10-22(16-23)27-18-25(32)29-21-14-12-20(13-15-21)26(33)28-17-19-8-4-3-5-9-19/h3-6,8-16,27H,2,7,17-18H2,1H3,(H,28,33)(H,29,32)(H,30,31). The first-order valence-corrected chi connectivity index (χ1v) is 10.9. The molecule has 0 aliphatic heterocycles. The van der Waals surface area contributed by atoms with Gasteiger partial charge in [0.2, 0.25) is 11.8 Å². The van der Waals surface area contributed by atoms with Crippen LogP contribution in [0.3, 0.4) is 0 Å². The van der Waals surface area contributed by atoms with Crippen molar-refractivity contribution in [2.45, 2.75) is 26.3 Å². The summed E-state index contributed by atoms with van der Waals surface area (Å²) in [5.74, 6) is -0.439. The van der Waals surface area contributed by atoms with E-state index in [1.807, 2.05) is 49.4 Å². The normalized spacial score (nSPS) is 10.2. The first-order chi connectivity index (χ1) is 16.0. The van der Waals surface area contributed by atoms with Gasteiger partial charge in [-0.1, -0.05) is 43.3 Å². The smallest absolute Gasteiger partial charge is 0.251 e. The van der Waals surface area contributed by atoms with Gasteiger partial charge in [0.1, 0.15) is 0 Å². The third kappa shape index (κ3) is 7.81. The summed E-state index contributed by atoms with van der Waals surface area (Å²) in [5.41, 5.74) is 3.55. The molecule has 0 spiro atoms. The largest absolute Gasteiger partial charge is 0.376 e. The summed E-state index contributed by atoms with van der Waals surface area (Å²) in [6.07, 6.45) is 1.25. The molecule has 0 saturated carbocycles. The molecule has 3 aromatic rings. The number of nitrogens with one attached hydrogen (secondary N) is 4. The van der Waals surface area contributed by atoms with Crippen molar-refractivity contribution in [3.63, 3.8) is 0 Å². The molecule has 7 nitrogen and oxygen atoms in total. The van der Waals surface area contributed by atoms with E-state index in [2.05, 4.69) is 21.3 Å². The van der Waals surface area contributed by atoms with Crippen molar-refractivity contribution in [1.29, 1.82) is 0 Å². The molecule has 0 atom stereocenters. The maximum Gasteiger partial charge on any atom is 0.251 e. The Morgan fingerprint density at radius 1 is 0.727 bits per heavy atom. The topological polar surface area (TPSA) is 99.3 Å². The molecule has 0 fully saturated rings. The molecule has 0 aromatic heterocycles. The minimum absolute atomic E-state index is 0.0374. The average Bonchev–Trinajstić information content (AvgIpc) is 2.83. The first-order valence-electron chi connectivity index (χ1n) is 10.9. The minimum atomic E-state index is -0.225. The van der Waals surface area contributed by atoms with Crippen LogP contribution in [0.25, 0.3) is 0 Å². The molecule has 3 amide bonds. The summed E-state index contributed by atoms with van der Waals surface area (Å²) in [5, 5.41) is 11.5. The van der Waals surface area contributed by atoms with Crippen LogP contribution in [0.1, 0.15) is 35.7 Å². The predicted molar refractivity (Wildman–Crippen MR) is 131 cm³/mol. The molecule has 4 N–H and O–H groups in total. The second-order valence-electron chi connectivity index (χ2n) is 7.53. The summed E-state index contributed by atoms with van der Waals surface area (Å²) in [6.45, 7) is 2.46. The fourth-order valence-corrected chi connectivity index (χ4v) is 3.13. The summed E-state index contributed by atoms with van der Waals surface area (Å²) >= 11 is 0. The SMILES string of the molecule is CCCC(=O)Nc1cccc(NCC(=O)Nc2ccc(C(=O)NCc3ccccc3)cc2)c1. The highest BCUT2D eigenvalue weighted by atomic mass is 16.2. The van der Waals surface area contributed by atoms with E-state index in [1.54, 1.807) is 36.4 Å². The third-order valence-corrected chi connectivity index (χ3v) is 4.80. The Morgan fingerprint density at radius 3 is 2.15 bits per heavy atom. The van der Waals surface area contributed by atoms with E-state index in [-0.39, 0.29) is 24.3 Å². The van der Waals surface area contributed by atoms with Gasteiger partial charge in [-0.05, 0) is 54.4 Å². The summed E-state index contributed by atoms with van der Waals surface area (Å²) in [7, 11) is 0. The predicted octanol–water partition coefficient (Wildman–Crippen LogP) is 4.41. The van der Waals surface area contributed by atoms with Crippen LogP contribution in [-0.4, -0.2) is 24.3 Å². The Hall–Kier alpha value is -4.13. The van der Waals surface area contributed by atoms with Gasteiger partial charge in [-0.3, -0.25) is 14.4 Å². The molecule has 33 heavy (non-hydrogen) atoms. The van der Waals surface area contributed by atoms with Gasteiger partial charge in [0, 0.05) is 35.6 Å².